The normalized spacial score (nSPS) is 28.1. The molecule has 1 unspecified atom stereocenters. The van der Waals surface area contributed by atoms with Crippen molar-refractivity contribution in [3.8, 4) is 0 Å². The molecule has 2 N–H and O–H groups in total. The van der Waals surface area contributed by atoms with Crippen molar-refractivity contribution in [2.24, 2.45) is 5.92 Å². The summed E-state index contributed by atoms with van der Waals surface area (Å²) in [5.41, 5.74) is 1.00. The SMILES string of the molecule is C[C@@H](NC1CN2CCC1CC2)n1ncc2cccc(C(=O)O)c21. The average Bonchev–Trinajstić information content (AvgIpc) is 3.00. The molecule has 3 aliphatic rings. The zero-order chi connectivity index (χ0) is 16.0. The van der Waals surface area contributed by atoms with Crippen molar-refractivity contribution in [2.45, 2.75) is 32.0 Å². The van der Waals surface area contributed by atoms with Crippen LogP contribution in [0.5, 0.6) is 0 Å². The Bertz CT molecular complexity index is 733. The van der Waals surface area contributed by atoms with Crippen molar-refractivity contribution in [1.29, 1.82) is 0 Å². The van der Waals surface area contributed by atoms with Crippen molar-refractivity contribution in [3.63, 3.8) is 0 Å². The van der Waals surface area contributed by atoms with Crippen LogP contribution in [0.25, 0.3) is 10.9 Å². The topological polar surface area (TPSA) is 70.4 Å². The van der Waals surface area contributed by atoms with Gasteiger partial charge in [0.15, 0.2) is 0 Å². The van der Waals surface area contributed by atoms with Crippen LogP contribution < -0.4 is 5.32 Å². The Morgan fingerprint density at radius 3 is 2.83 bits per heavy atom. The molecule has 3 saturated heterocycles. The molecule has 2 aromatic rings. The number of carbonyl (C=O) groups is 1. The standard InChI is InChI=1S/C17H22N4O2/c1-11(19-15-10-20-7-5-12(15)6-8-20)21-16-13(9-18-21)3-2-4-14(16)17(22)23/h2-4,9,11-12,15,19H,5-8,10H2,1H3,(H,22,23)/t11-,15?/m0/s1. The summed E-state index contributed by atoms with van der Waals surface area (Å²) in [6, 6.07) is 5.78. The summed E-state index contributed by atoms with van der Waals surface area (Å²) in [7, 11) is 0. The zero-order valence-corrected chi connectivity index (χ0v) is 13.3. The van der Waals surface area contributed by atoms with Gasteiger partial charge in [-0.25, -0.2) is 9.48 Å². The van der Waals surface area contributed by atoms with Crippen molar-refractivity contribution >= 4 is 16.9 Å². The van der Waals surface area contributed by atoms with Gasteiger partial charge in [0, 0.05) is 18.0 Å². The molecule has 0 aliphatic carbocycles. The highest BCUT2D eigenvalue weighted by Crippen LogP contribution is 2.29. The van der Waals surface area contributed by atoms with E-state index in [-0.39, 0.29) is 6.17 Å². The molecule has 5 rings (SSSR count). The number of hydrogen-bond acceptors (Lipinski definition) is 4. The molecule has 23 heavy (non-hydrogen) atoms. The number of aromatic nitrogens is 2. The van der Waals surface area contributed by atoms with Gasteiger partial charge in [0.05, 0.1) is 23.4 Å². The number of aromatic carboxylic acids is 1. The van der Waals surface area contributed by atoms with E-state index >= 15 is 0 Å². The van der Waals surface area contributed by atoms with E-state index in [0.29, 0.717) is 17.1 Å². The first-order chi connectivity index (χ1) is 11.1. The number of fused-ring (bicyclic) bond motifs is 4. The summed E-state index contributed by atoms with van der Waals surface area (Å²) in [5, 5.41) is 18.4. The lowest BCUT2D eigenvalue weighted by Gasteiger charge is -2.46. The fourth-order valence-corrected chi connectivity index (χ4v) is 4.10. The number of nitrogens with one attached hydrogen (secondary N) is 1. The van der Waals surface area contributed by atoms with Gasteiger partial charge in [-0.05, 0) is 44.8 Å². The van der Waals surface area contributed by atoms with E-state index in [9.17, 15) is 9.90 Å². The van der Waals surface area contributed by atoms with Crippen LogP contribution in [0.3, 0.4) is 0 Å². The number of hydrogen-bond donors (Lipinski definition) is 2. The Morgan fingerprint density at radius 1 is 1.39 bits per heavy atom. The first-order valence-corrected chi connectivity index (χ1v) is 8.31. The summed E-state index contributed by atoms with van der Waals surface area (Å²) in [6.45, 7) is 5.57. The minimum absolute atomic E-state index is 0.0291. The molecule has 0 spiro atoms. The van der Waals surface area contributed by atoms with Crippen molar-refractivity contribution in [1.82, 2.24) is 20.0 Å². The number of para-hydroxylation sites is 1. The van der Waals surface area contributed by atoms with Gasteiger partial charge >= 0.3 is 5.97 Å². The Hall–Kier alpha value is -1.92. The number of carboxylic acid groups (broad SMARTS) is 1. The molecule has 2 bridgehead atoms. The van der Waals surface area contributed by atoms with E-state index in [0.717, 1.165) is 17.8 Å². The highest BCUT2D eigenvalue weighted by molar-refractivity contribution is 6.01. The summed E-state index contributed by atoms with van der Waals surface area (Å²) in [6.07, 6.45) is 4.23. The molecular formula is C17H22N4O2. The number of rotatable bonds is 4. The lowest BCUT2D eigenvalue weighted by Crippen LogP contribution is -2.56. The number of nitrogens with zero attached hydrogens (tertiary/aromatic N) is 3. The fourth-order valence-electron chi connectivity index (χ4n) is 4.10. The van der Waals surface area contributed by atoms with Crippen LogP contribution in [0, 0.1) is 5.92 Å². The van der Waals surface area contributed by atoms with Crippen LogP contribution in [0.4, 0.5) is 0 Å². The monoisotopic (exact) mass is 314 g/mol. The average molecular weight is 314 g/mol. The lowest BCUT2D eigenvalue weighted by atomic mass is 9.84. The number of piperidine rings is 3. The van der Waals surface area contributed by atoms with Crippen LogP contribution in [0.15, 0.2) is 24.4 Å². The molecule has 3 aliphatic heterocycles. The Kier molecular flexibility index (Phi) is 3.58. The van der Waals surface area contributed by atoms with Gasteiger partial charge in [-0.15, -0.1) is 0 Å². The Balaban J connectivity index is 1.62. The Labute approximate surface area is 135 Å². The third kappa shape index (κ3) is 2.52. The lowest BCUT2D eigenvalue weighted by molar-refractivity contribution is 0.0622. The third-order valence-electron chi connectivity index (χ3n) is 5.33. The van der Waals surface area contributed by atoms with Crippen molar-refractivity contribution in [2.75, 3.05) is 19.6 Å². The first-order valence-electron chi connectivity index (χ1n) is 8.31. The molecule has 0 amide bonds. The highest BCUT2D eigenvalue weighted by Gasteiger charge is 2.34. The maximum absolute atomic E-state index is 11.5. The molecule has 0 radical (unpaired) electrons. The molecular weight excluding hydrogens is 292 g/mol. The molecule has 3 fully saturated rings. The van der Waals surface area contributed by atoms with Gasteiger partial charge in [-0.1, -0.05) is 12.1 Å². The second-order valence-electron chi connectivity index (χ2n) is 6.72. The van der Waals surface area contributed by atoms with Gasteiger partial charge in [0.25, 0.3) is 0 Å². The summed E-state index contributed by atoms with van der Waals surface area (Å²) in [4.78, 5) is 14.0. The van der Waals surface area contributed by atoms with Crippen LogP contribution in [-0.4, -0.2) is 51.4 Å². The summed E-state index contributed by atoms with van der Waals surface area (Å²) in [5.74, 6) is -0.185. The van der Waals surface area contributed by atoms with Gasteiger partial charge in [-0.3, -0.25) is 5.32 Å². The van der Waals surface area contributed by atoms with E-state index in [2.05, 4.69) is 22.2 Å². The van der Waals surface area contributed by atoms with E-state index in [1.807, 2.05) is 10.7 Å². The van der Waals surface area contributed by atoms with Crippen molar-refractivity contribution < 1.29 is 9.90 Å². The quantitative estimate of drug-likeness (QED) is 0.902. The fraction of sp³-hybridized carbons (Fsp3) is 0.529. The summed E-state index contributed by atoms with van der Waals surface area (Å²) >= 11 is 0. The van der Waals surface area contributed by atoms with Gasteiger partial charge < -0.3 is 10.0 Å². The largest absolute Gasteiger partial charge is 0.478 e. The third-order valence-corrected chi connectivity index (χ3v) is 5.33. The molecule has 4 heterocycles. The number of carboxylic acids is 1. The van der Waals surface area contributed by atoms with Crippen LogP contribution in [0.2, 0.25) is 0 Å². The van der Waals surface area contributed by atoms with E-state index in [4.69, 9.17) is 0 Å². The van der Waals surface area contributed by atoms with Crippen molar-refractivity contribution in [3.05, 3.63) is 30.0 Å². The smallest absolute Gasteiger partial charge is 0.337 e. The van der Waals surface area contributed by atoms with Crippen LogP contribution in [-0.2, 0) is 0 Å². The molecule has 2 atom stereocenters. The molecule has 0 saturated carbocycles. The molecule has 122 valence electrons. The number of benzene rings is 1. The van der Waals surface area contributed by atoms with E-state index in [1.54, 1.807) is 18.3 Å². The van der Waals surface area contributed by atoms with E-state index in [1.165, 1.54) is 25.9 Å². The zero-order valence-electron chi connectivity index (χ0n) is 13.3. The minimum atomic E-state index is -0.910. The highest BCUT2D eigenvalue weighted by atomic mass is 16.4. The summed E-state index contributed by atoms with van der Waals surface area (Å²) < 4.78 is 1.82. The van der Waals surface area contributed by atoms with Crippen LogP contribution in [0.1, 0.15) is 36.3 Å². The first kappa shape index (κ1) is 14.7. The predicted molar refractivity (Wildman–Crippen MR) is 87.5 cm³/mol. The predicted octanol–water partition coefficient (Wildman–Crippen LogP) is 1.94. The maximum atomic E-state index is 11.5. The Morgan fingerprint density at radius 2 is 2.17 bits per heavy atom. The molecule has 1 aromatic carbocycles. The molecule has 6 nitrogen and oxygen atoms in total. The van der Waals surface area contributed by atoms with Gasteiger partial charge in [0.2, 0.25) is 0 Å². The van der Waals surface area contributed by atoms with E-state index < -0.39 is 5.97 Å². The van der Waals surface area contributed by atoms with Gasteiger partial charge in [-0.2, -0.15) is 5.10 Å². The molecule has 1 aromatic heterocycles. The van der Waals surface area contributed by atoms with Crippen LogP contribution >= 0.6 is 0 Å². The van der Waals surface area contributed by atoms with Gasteiger partial charge in [0.1, 0.15) is 0 Å². The second-order valence-corrected chi connectivity index (χ2v) is 6.72. The minimum Gasteiger partial charge on any atom is -0.478 e. The molecule has 6 heteroatoms. The second kappa shape index (κ2) is 5.62. The maximum Gasteiger partial charge on any atom is 0.337 e.